The highest BCUT2D eigenvalue weighted by Gasteiger charge is 2.24. The van der Waals surface area contributed by atoms with Gasteiger partial charge in [-0.2, -0.15) is 0 Å². The lowest BCUT2D eigenvalue weighted by Gasteiger charge is -2.36. The number of aliphatic hydroxyl groups excluding tert-OH is 1. The first-order chi connectivity index (χ1) is 5.74. The molecule has 0 saturated heterocycles. The second kappa shape index (κ2) is 4.58. The van der Waals surface area contributed by atoms with Crippen LogP contribution in [-0.2, 0) is 4.79 Å². The number of carbonyl (C=O) groups is 1. The van der Waals surface area contributed by atoms with E-state index in [1.165, 1.54) is 19.3 Å². The number of nitrogens with zero attached hydrogens (tertiary/aromatic N) is 1. The first-order valence-corrected chi connectivity index (χ1v) is 4.58. The predicted octanol–water partition coefficient (Wildman–Crippen LogP) is 0.422. The van der Waals surface area contributed by atoms with Crippen molar-refractivity contribution in [3.05, 3.63) is 0 Å². The summed E-state index contributed by atoms with van der Waals surface area (Å²) in [6, 6.07) is 0.557. The monoisotopic (exact) mass is 171 g/mol. The van der Waals surface area contributed by atoms with Crippen LogP contribution in [0, 0.1) is 0 Å². The van der Waals surface area contributed by atoms with Crippen molar-refractivity contribution < 1.29 is 9.90 Å². The normalized spacial score (nSPS) is 17.9. The van der Waals surface area contributed by atoms with Crippen LogP contribution in [0.15, 0.2) is 0 Å². The molecule has 0 heterocycles. The van der Waals surface area contributed by atoms with Gasteiger partial charge in [0.05, 0.1) is 13.2 Å². The third-order valence-electron chi connectivity index (χ3n) is 2.40. The fourth-order valence-electron chi connectivity index (χ4n) is 1.56. The van der Waals surface area contributed by atoms with Gasteiger partial charge in [0.25, 0.3) is 0 Å². The van der Waals surface area contributed by atoms with E-state index in [1.807, 2.05) is 0 Å². The molecule has 1 fully saturated rings. The lowest BCUT2D eigenvalue weighted by molar-refractivity contribution is -0.119. The minimum Gasteiger partial charge on any atom is -0.395 e. The summed E-state index contributed by atoms with van der Waals surface area (Å²) in [6.45, 7) is 2.91. The Labute approximate surface area is 73.4 Å². The van der Waals surface area contributed by atoms with Crippen LogP contribution in [0.3, 0.4) is 0 Å². The van der Waals surface area contributed by atoms with Gasteiger partial charge in [-0.15, -0.1) is 0 Å². The molecule has 1 aliphatic rings. The maximum atomic E-state index is 10.9. The van der Waals surface area contributed by atoms with Gasteiger partial charge in [-0.25, -0.2) is 0 Å². The molecule has 0 aliphatic heterocycles. The maximum absolute atomic E-state index is 10.9. The number of Topliss-reactive ketones (excluding diaryl/α,β-unsaturated/α-hetero) is 1. The zero-order valence-electron chi connectivity index (χ0n) is 7.62. The number of ketones is 1. The summed E-state index contributed by atoms with van der Waals surface area (Å²) in [5.41, 5.74) is 0. The molecule has 0 aromatic carbocycles. The Morgan fingerprint density at radius 2 is 2.25 bits per heavy atom. The Morgan fingerprint density at radius 1 is 1.58 bits per heavy atom. The first-order valence-electron chi connectivity index (χ1n) is 4.58. The Bertz CT molecular complexity index is 155. The van der Waals surface area contributed by atoms with E-state index >= 15 is 0 Å². The third-order valence-corrected chi connectivity index (χ3v) is 2.40. The topological polar surface area (TPSA) is 40.5 Å². The van der Waals surface area contributed by atoms with Gasteiger partial charge < -0.3 is 5.11 Å². The number of hydrogen-bond acceptors (Lipinski definition) is 3. The Hall–Kier alpha value is -0.410. The molecule has 1 saturated carbocycles. The summed E-state index contributed by atoms with van der Waals surface area (Å²) in [4.78, 5) is 12.9. The van der Waals surface area contributed by atoms with Crippen molar-refractivity contribution >= 4 is 5.78 Å². The average molecular weight is 171 g/mol. The van der Waals surface area contributed by atoms with Crippen LogP contribution in [0.4, 0.5) is 0 Å². The molecule has 0 amide bonds. The summed E-state index contributed by atoms with van der Waals surface area (Å²) in [5, 5.41) is 8.77. The van der Waals surface area contributed by atoms with Crippen molar-refractivity contribution in [3.8, 4) is 0 Å². The van der Waals surface area contributed by atoms with Gasteiger partial charge >= 0.3 is 0 Å². The smallest absolute Gasteiger partial charge is 0.143 e. The van der Waals surface area contributed by atoms with Crippen molar-refractivity contribution in [1.29, 1.82) is 0 Å². The number of hydrogen-bond donors (Lipinski definition) is 1. The lowest BCUT2D eigenvalue weighted by atomic mass is 9.91. The molecule has 0 radical (unpaired) electrons. The lowest BCUT2D eigenvalue weighted by Crippen LogP contribution is -2.44. The van der Waals surface area contributed by atoms with E-state index in [0.717, 1.165) is 0 Å². The molecule has 3 heteroatoms. The molecule has 0 bridgehead atoms. The predicted molar refractivity (Wildman–Crippen MR) is 47.0 cm³/mol. The zero-order chi connectivity index (χ0) is 8.97. The van der Waals surface area contributed by atoms with Crippen molar-refractivity contribution in [2.75, 3.05) is 19.7 Å². The molecule has 1 rings (SSSR count). The van der Waals surface area contributed by atoms with E-state index < -0.39 is 0 Å². The highest BCUT2D eigenvalue weighted by molar-refractivity contribution is 5.77. The molecule has 3 nitrogen and oxygen atoms in total. The SMILES string of the molecule is CC(=O)CN(CCO)C1CCC1. The van der Waals surface area contributed by atoms with E-state index in [1.54, 1.807) is 6.92 Å². The molecule has 1 N–H and O–H groups in total. The third kappa shape index (κ3) is 2.57. The second-order valence-electron chi connectivity index (χ2n) is 3.48. The second-order valence-corrected chi connectivity index (χ2v) is 3.48. The minimum absolute atomic E-state index is 0.157. The number of carbonyl (C=O) groups excluding carboxylic acids is 1. The van der Waals surface area contributed by atoms with Gasteiger partial charge in [0.1, 0.15) is 5.78 Å². The van der Waals surface area contributed by atoms with Crippen molar-refractivity contribution in [2.45, 2.75) is 32.2 Å². The first kappa shape index (κ1) is 9.68. The quantitative estimate of drug-likeness (QED) is 0.652. The molecular formula is C9H17NO2. The van der Waals surface area contributed by atoms with Crippen molar-refractivity contribution in [2.24, 2.45) is 0 Å². The molecule has 70 valence electrons. The van der Waals surface area contributed by atoms with Crippen LogP contribution in [0.2, 0.25) is 0 Å². The molecule has 0 aromatic heterocycles. The van der Waals surface area contributed by atoms with Gasteiger partial charge in [-0.1, -0.05) is 6.42 Å². The van der Waals surface area contributed by atoms with Crippen LogP contribution in [0.1, 0.15) is 26.2 Å². The van der Waals surface area contributed by atoms with Gasteiger partial charge in [0.2, 0.25) is 0 Å². The van der Waals surface area contributed by atoms with Gasteiger partial charge in [-0.3, -0.25) is 9.69 Å². The standard InChI is InChI=1S/C9H17NO2/c1-8(12)7-10(5-6-11)9-3-2-4-9/h9,11H,2-7H2,1H3. The van der Waals surface area contributed by atoms with Gasteiger partial charge in [0.15, 0.2) is 0 Å². The van der Waals surface area contributed by atoms with Gasteiger partial charge in [-0.05, 0) is 19.8 Å². The van der Waals surface area contributed by atoms with Crippen LogP contribution in [-0.4, -0.2) is 41.5 Å². The maximum Gasteiger partial charge on any atom is 0.143 e. The molecule has 0 spiro atoms. The Balaban J connectivity index is 2.31. The number of aliphatic hydroxyl groups is 1. The summed E-state index contributed by atoms with van der Waals surface area (Å²) < 4.78 is 0. The van der Waals surface area contributed by atoms with E-state index in [2.05, 4.69) is 4.90 Å². The molecule has 0 aromatic rings. The van der Waals surface area contributed by atoms with E-state index in [0.29, 0.717) is 19.1 Å². The molecule has 0 unspecified atom stereocenters. The summed E-state index contributed by atoms with van der Waals surface area (Å²) >= 11 is 0. The summed E-state index contributed by atoms with van der Waals surface area (Å²) in [5.74, 6) is 0.190. The Kier molecular flexibility index (Phi) is 3.69. The van der Waals surface area contributed by atoms with Crippen molar-refractivity contribution in [3.63, 3.8) is 0 Å². The molecular weight excluding hydrogens is 154 g/mol. The van der Waals surface area contributed by atoms with E-state index in [9.17, 15) is 4.79 Å². The molecule has 12 heavy (non-hydrogen) atoms. The van der Waals surface area contributed by atoms with Gasteiger partial charge in [0, 0.05) is 12.6 Å². The fourth-order valence-corrected chi connectivity index (χ4v) is 1.56. The van der Waals surface area contributed by atoms with Crippen LogP contribution in [0.25, 0.3) is 0 Å². The van der Waals surface area contributed by atoms with E-state index in [4.69, 9.17) is 5.11 Å². The Morgan fingerprint density at radius 3 is 2.58 bits per heavy atom. The summed E-state index contributed by atoms with van der Waals surface area (Å²) in [6.07, 6.45) is 3.64. The molecule has 1 aliphatic carbocycles. The van der Waals surface area contributed by atoms with Crippen molar-refractivity contribution in [1.82, 2.24) is 4.90 Å². The summed E-state index contributed by atoms with van der Waals surface area (Å²) in [7, 11) is 0. The highest BCUT2D eigenvalue weighted by atomic mass is 16.3. The average Bonchev–Trinajstić information content (AvgIpc) is 1.81. The zero-order valence-corrected chi connectivity index (χ0v) is 7.62. The largest absolute Gasteiger partial charge is 0.395 e. The van der Waals surface area contributed by atoms with Crippen LogP contribution < -0.4 is 0 Å². The van der Waals surface area contributed by atoms with E-state index in [-0.39, 0.29) is 12.4 Å². The molecule has 0 atom stereocenters. The van der Waals surface area contributed by atoms with Crippen LogP contribution >= 0.6 is 0 Å². The highest BCUT2D eigenvalue weighted by Crippen LogP contribution is 2.24. The fraction of sp³-hybridized carbons (Fsp3) is 0.889. The number of rotatable bonds is 5. The van der Waals surface area contributed by atoms with Crippen LogP contribution in [0.5, 0.6) is 0 Å². The minimum atomic E-state index is 0.157.